The number of benzene rings is 5. The fourth-order valence-electron chi connectivity index (χ4n) is 13.8. The molecule has 0 saturated heterocycles. The third kappa shape index (κ3) is 16.2. The monoisotopic (exact) mass is 1530 g/mol. The molecule has 0 aliphatic heterocycles. The van der Waals surface area contributed by atoms with Gasteiger partial charge in [-0.15, -0.1) is 0 Å². The van der Waals surface area contributed by atoms with E-state index in [9.17, 15) is 53.3 Å². The van der Waals surface area contributed by atoms with Gasteiger partial charge in [0.15, 0.2) is 17.4 Å². The molecule has 8 aromatic heterocycles. The second-order valence-corrected chi connectivity index (χ2v) is 27.6. The van der Waals surface area contributed by atoms with Crippen LogP contribution in [0.4, 0.5) is 38.9 Å². The molecule has 13 aromatic rings. The number of carbonyl (C=O) groups excluding carboxylic acids is 9. The molecule has 14 rings (SSSR count). The van der Waals surface area contributed by atoms with Gasteiger partial charge in [0.25, 0.3) is 41.1 Å². The van der Waals surface area contributed by atoms with Crippen LogP contribution in [0.1, 0.15) is 119 Å². The number of oxime groups is 1. The molecule has 32 nitrogen and oxygen atoms in total. The molecule has 1 atom stereocenters. The van der Waals surface area contributed by atoms with E-state index in [1.54, 1.807) is 113 Å². The number of anilines is 5. The lowest BCUT2D eigenvalue weighted by molar-refractivity contribution is -0.384. The first-order valence-corrected chi connectivity index (χ1v) is 35.8. The van der Waals surface area contributed by atoms with Crippen LogP contribution >= 0.6 is 0 Å². The van der Waals surface area contributed by atoms with Gasteiger partial charge in [0, 0.05) is 147 Å². The van der Waals surface area contributed by atoms with Crippen molar-refractivity contribution in [3.05, 3.63) is 285 Å². The number of H-pyrrole nitrogens is 1. The summed E-state index contributed by atoms with van der Waals surface area (Å²) in [5, 5.41) is 35.2. The quantitative estimate of drug-likeness (QED) is 0.0108. The van der Waals surface area contributed by atoms with E-state index >= 15 is 0 Å². The van der Waals surface area contributed by atoms with Crippen LogP contribution in [0.15, 0.2) is 206 Å². The second kappa shape index (κ2) is 31.8. The predicted molar refractivity (Wildman–Crippen MR) is 424 cm³/mol. The Morgan fingerprint density at radius 3 is 1.62 bits per heavy atom. The van der Waals surface area contributed by atoms with Gasteiger partial charge in [-0.05, 0) is 108 Å². The molecule has 0 spiro atoms. The molecule has 576 valence electrons. The van der Waals surface area contributed by atoms with Crippen LogP contribution in [0.5, 0.6) is 0 Å². The zero-order valence-electron chi connectivity index (χ0n) is 62.8. The Labute approximate surface area is 649 Å². The van der Waals surface area contributed by atoms with Crippen LogP contribution in [0.2, 0.25) is 0 Å². The van der Waals surface area contributed by atoms with Gasteiger partial charge in [0.2, 0.25) is 0 Å². The van der Waals surface area contributed by atoms with Crippen molar-refractivity contribution in [1.82, 2.24) is 57.6 Å². The van der Waals surface area contributed by atoms with E-state index in [-0.39, 0.29) is 101 Å². The standard InChI is InChI=1S/C82H75N19O13/c1-46-17-19-48(20-18-46)72(49-21-24-56(25-22-49)101(111)112)93-114-81(109)70-38-55(44-100(70)8)88-79(107)69-37-54(43-99(69)7)87-78(106)68-36-53(42-98(68)6)86-77(105)66-31-47(39-95(66)3)32-71(102)63(92-82(110)113-45-61-59-15-11-9-13-57(59)58-14-10-12-16-60(58)61)27-28-84-76(104)67-35-52(41-97(67)5)85-75(103)50-23-26-62-64(33-50)91-73(90-62)65-34-51(40-96(65)4)89-80(108)74-83-29-30-94(74)2/h9-26,29-31,33-44,61,63H,27-28,32,45H2,1-8H3,(H,84,104)(H,85,103)(H,86,105)(H,87,106)(H,88,107)(H,89,108)(H,90,91)(H,92,110)/b93-72+/t63-/m1/s1. The molecule has 0 fully saturated rings. The molecule has 0 bridgehead atoms. The Hall–Kier alpha value is -15.2. The van der Waals surface area contributed by atoms with Crippen LogP contribution in [0.3, 0.4) is 0 Å². The van der Waals surface area contributed by atoms with Gasteiger partial charge in [-0.2, -0.15) is 0 Å². The number of rotatable bonds is 26. The maximum Gasteiger partial charge on any atom is 0.407 e. The highest BCUT2D eigenvalue weighted by Crippen LogP contribution is 2.45. The fraction of sp³-hybridized carbons (Fsp3) is 0.171. The number of nitro groups is 1. The van der Waals surface area contributed by atoms with Gasteiger partial charge < -0.3 is 83.7 Å². The molecule has 32 heteroatoms. The number of hydrogen-bond acceptors (Lipinski definition) is 16. The number of non-ortho nitro benzene ring substituents is 1. The van der Waals surface area contributed by atoms with Gasteiger partial charge in [-0.1, -0.05) is 83.5 Å². The molecule has 8 N–H and O–H groups in total. The fourth-order valence-corrected chi connectivity index (χ4v) is 13.8. The lowest BCUT2D eigenvalue weighted by atomic mass is 9.98. The highest BCUT2D eigenvalue weighted by atomic mass is 16.7. The number of nitrogens with one attached hydrogen (secondary N) is 8. The first kappa shape index (κ1) is 75.6. The molecular formula is C82H75N19O13. The van der Waals surface area contributed by atoms with Crippen molar-refractivity contribution in [1.29, 1.82) is 0 Å². The summed E-state index contributed by atoms with van der Waals surface area (Å²) in [5.74, 6) is -3.97. The number of ether oxygens (including phenoxy) is 1. The number of imidazole rings is 2. The predicted octanol–water partition coefficient (Wildman–Crippen LogP) is 10.9. The zero-order valence-corrected chi connectivity index (χ0v) is 62.8. The molecule has 0 saturated carbocycles. The van der Waals surface area contributed by atoms with Crippen LogP contribution in [0, 0.1) is 17.0 Å². The smallest absolute Gasteiger partial charge is 0.407 e. The van der Waals surface area contributed by atoms with Gasteiger partial charge in [0.05, 0.1) is 56.1 Å². The van der Waals surface area contributed by atoms with E-state index in [4.69, 9.17) is 14.6 Å². The number of nitrogens with zero attached hydrogens (tertiary/aromatic N) is 11. The summed E-state index contributed by atoms with van der Waals surface area (Å²) in [6, 6.07) is 41.6. The molecular weight excluding hydrogens is 1460 g/mol. The van der Waals surface area contributed by atoms with Crippen LogP contribution in [-0.4, -0.2) is 130 Å². The van der Waals surface area contributed by atoms with Crippen molar-refractivity contribution in [3.8, 4) is 22.6 Å². The number of aryl methyl sites for hydroxylation is 8. The Kier molecular flexibility index (Phi) is 21.1. The molecule has 1 aliphatic carbocycles. The number of fused-ring (bicyclic) bond motifs is 4. The van der Waals surface area contributed by atoms with E-state index in [2.05, 4.69) is 52.3 Å². The Morgan fingerprint density at radius 2 is 1.04 bits per heavy atom. The third-order valence-corrected chi connectivity index (χ3v) is 19.5. The van der Waals surface area contributed by atoms with Crippen molar-refractivity contribution in [2.45, 2.75) is 31.7 Å². The lowest BCUT2D eigenvalue weighted by Crippen LogP contribution is -2.44. The van der Waals surface area contributed by atoms with Gasteiger partial charge >= 0.3 is 12.1 Å². The molecule has 5 aromatic carbocycles. The highest BCUT2D eigenvalue weighted by Gasteiger charge is 2.32. The average molecular weight is 1530 g/mol. The molecule has 0 unspecified atom stereocenters. The van der Waals surface area contributed by atoms with Gasteiger partial charge in [-0.25, -0.2) is 19.6 Å². The molecule has 0 radical (unpaired) electrons. The van der Waals surface area contributed by atoms with Crippen LogP contribution < -0.4 is 37.2 Å². The normalized spacial score (nSPS) is 12.0. The van der Waals surface area contributed by atoms with Crippen LogP contribution in [-0.2, 0) is 70.1 Å². The summed E-state index contributed by atoms with van der Waals surface area (Å²) in [6.07, 6.45) is 11.5. The summed E-state index contributed by atoms with van der Waals surface area (Å²) in [4.78, 5) is 153. The zero-order chi connectivity index (χ0) is 80.3. The van der Waals surface area contributed by atoms with E-state index in [0.29, 0.717) is 56.2 Å². The number of Topliss-reactive ketones (excluding diaryl/α,β-unsaturated/α-hetero) is 1. The highest BCUT2D eigenvalue weighted by molar-refractivity contribution is 6.14. The summed E-state index contributed by atoms with van der Waals surface area (Å²) in [5.41, 5.74) is 11.0. The maximum atomic E-state index is 14.5. The number of aromatic nitrogens is 10. The topological polar surface area (TPSA) is 388 Å². The number of amides is 7. The minimum atomic E-state index is -1.20. The van der Waals surface area contributed by atoms with Gasteiger partial charge in [0.1, 0.15) is 40.8 Å². The number of hydrogen-bond donors (Lipinski definition) is 8. The van der Waals surface area contributed by atoms with E-state index in [1.165, 1.54) is 102 Å². The van der Waals surface area contributed by atoms with Crippen molar-refractivity contribution < 1.29 is 57.6 Å². The first-order chi connectivity index (χ1) is 54.7. The minimum absolute atomic E-state index is 0.0334. The largest absolute Gasteiger partial charge is 0.449 e. The van der Waals surface area contributed by atoms with E-state index < -0.39 is 58.3 Å². The minimum Gasteiger partial charge on any atom is -0.449 e. The third-order valence-electron chi connectivity index (χ3n) is 19.5. The molecule has 7 amide bonds. The van der Waals surface area contributed by atoms with E-state index in [1.807, 2.05) is 74.6 Å². The van der Waals surface area contributed by atoms with Crippen molar-refractivity contribution in [2.24, 2.45) is 54.5 Å². The Bertz CT molecular complexity index is 6010. The SMILES string of the molecule is Cc1ccc(/C(=N\OC(=O)c2cc(NC(=O)c3cc(NC(=O)c4cc(NC(=O)c5cc(CC(=O)[C@@H](CCNC(=O)c6cc(NC(=O)c7ccc8nc(-c9cc(NC(=O)c%10nccn%10C)cn9C)[nH]c8c7)cn6C)NC(=O)OCC6c7ccccc7-c7ccccc76)cn5C)cn4C)cn3C)cn2C)c2ccc([N+](=O)[O-])cc2)cc1. The van der Waals surface area contributed by atoms with Crippen molar-refractivity contribution >= 4 is 104 Å². The summed E-state index contributed by atoms with van der Waals surface area (Å²) < 4.78 is 16.8. The number of alkyl carbamates (subject to hydrolysis) is 1. The molecule has 8 heterocycles. The molecule has 1 aliphatic rings. The summed E-state index contributed by atoms with van der Waals surface area (Å²) >= 11 is 0. The number of nitro benzene ring substituents is 1. The summed E-state index contributed by atoms with van der Waals surface area (Å²) in [6.45, 7) is 1.77. The Morgan fingerprint density at radius 1 is 0.544 bits per heavy atom. The average Bonchev–Trinajstić information content (AvgIpc) is 1.61. The number of ketones is 1. The second-order valence-electron chi connectivity index (χ2n) is 27.6. The van der Waals surface area contributed by atoms with Gasteiger partial charge in [-0.3, -0.25) is 43.7 Å². The van der Waals surface area contributed by atoms with Crippen molar-refractivity contribution in [3.63, 3.8) is 0 Å². The van der Waals surface area contributed by atoms with Crippen molar-refractivity contribution in [2.75, 3.05) is 39.7 Å². The lowest BCUT2D eigenvalue weighted by Gasteiger charge is -2.19. The number of carbonyl (C=O) groups is 9. The maximum absolute atomic E-state index is 14.5. The molecule has 114 heavy (non-hydrogen) atoms. The summed E-state index contributed by atoms with van der Waals surface area (Å²) in [7, 11) is 11.6. The van der Waals surface area contributed by atoms with Crippen LogP contribution in [0.25, 0.3) is 33.7 Å². The van der Waals surface area contributed by atoms with E-state index in [0.717, 1.165) is 27.8 Å². The first-order valence-electron chi connectivity index (χ1n) is 35.8. The Balaban J connectivity index is 0.595. The number of aromatic amines is 1.